The topological polar surface area (TPSA) is 72.7 Å². The van der Waals surface area contributed by atoms with Gasteiger partial charge in [-0.15, -0.1) is 0 Å². The van der Waals surface area contributed by atoms with Crippen molar-refractivity contribution >= 4 is 46.6 Å². The molecule has 3 aromatic rings. The molecular weight excluding hydrogens is 467 g/mol. The highest BCUT2D eigenvalue weighted by molar-refractivity contribution is 8.14. The number of ketones is 1. The van der Waals surface area contributed by atoms with Gasteiger partial charge < -0.3 is 4.52 Å². The van der Waals surface area contributed by atoms with E-state index in [1.165, 1.54) is 12.1 Å². The van der Waals surface area contributed by atoms with Crippen molar-refractivity contribution in [2.75, 3.05) is 13.1 Å². The van der Waals surface area contributed by atoms with Gasteiger partial charge in [0, 0.05) is 41.7 Å². The summed E-state index contributed by atoms with van der Waals surface area (Å²) in [7, 11) is 0. The van der Waals surface area contributed by atoms with Gasteiger partial charge in [0.25, 0.3) is 5.69 Å². The third-order valence-corrected chi connectivity index (χ3v) is 10.0. The summed E-state index contributed by atoms with van der Waals surface area (Å²) in [6.07, 6.45) is -2.85. The number of rotatable bonds is 7. The molecule has 32 heavy (non-hydrogen) atoms. The summed E-state index contributed by atoms with van der Waals surface area (Å²) in [6.45, 7) is 5.20. The van der Waals surface area contributed by atoms with Gasteiger partial charge in [-0.3, -0.25) is 14.9 Å². The Bertz CT molecular complexity index is 1280. The van der Waals surface area contributed by atoms with Crippen LogP contribution in [0.2, 0.25) is 5.02 Å². The normalized spacial score (nSPS) is 14.1. The fourth-order valence-electron chi connectivity index (χ4n) is 3.86. The van der Waals surface area contributed by atoms with E-state index in [0.29, 0.717) is 40.3 Å². The predicted octanol–water partition coefficient (Wildman–Crippen LogP) is 5.82. The van der Waals surface area contributed by atoms with E-state index in [0.717, 1.165) is 11.1 Å². The summed E-state index contributed by atoms with van der Waals surface area (Å²) in [4.78, 5) is 23.6. The van der Waals surface area contributed by atoms with E-state index in [9.17, 15) is 14.9 Å². The van der Waals surface area contributed by atoms with Crippen molar-refractivity contribution in [3.8, 4) is 16.9 Å². The summed E-state index contributed by atoms with van der Waals surface area (Å²) < 4.78 is 8.45. The molecule has 1 atom stereocenters. The van der Waals surface area contributed by atoms with Crippen molar-refractivity contribution in [1.29, 1.82) is 0 Å². The molecule has 1 aliphatic rings. The number of hydrogen-bond donors (Lipinski definition) is 0. The molecule has 0 amide bonds. The SMILES string of the molecule is CCN(CC)P(=S)(Oc1cc2c(cc1Cl)-c1ccccc1C2=O)c1ccc([N+](=O)[O-])cc1. The minimum Gasteiger partial charge on any atom is -0.448 e. The van der Waals surface area contributed by atoms with Crippen LogP contribution in [0.4, 0.5) is 5.69 Å². The van der Waals surface area contributed by atoms with Crippen LogP contribution in [0.15, 0.2) is 60.7 Å². The number of nitrogens with zero attached hydrogens (tertiary/aromatic N) is 2. The Labute approximate surface area is 196 Å². The predicted molar refractivity (Wildman–Crippen MR) is 131 cm³/mol. The van der Waals surface area contributed by atoms with Crippen molar-refractivity contribution in [3.63, 3.8) is 0 Å². The van der Waals surface area contributed by atoms with E-state index in [-0.39, 0.29) is 11.5 Å². The van der Waals surface area contributed by atoms with Gasteiger partial charge in [0.15, 0.2) is 5.78 Å². The zero-order valence-electron chi connectivity index (χ0n) is 17.4. The molecule has 0 heterocycles. The average Bonchev–Trinajstić information content (AvgIpc) is 3.06. The van der Waals surface area contributed by atoms with Gasteiger partial charge in [-0.2, -0.15) is 0 Å². The van der Waals surface area contributed by atoms with Crippen LogP contribution < -0.4 is 9.83 Å². The molecule has 6 nitrogen and oxygen atoms in total. The molecule has 0 aromatic heterocycles. The number of non-ortho nitro benzene ring substituents is 1. The minimum absolute atomic E-state index is 0.0197. The maximum absolute atomic E-state index is 12.9. The highest BCUT2D eigenvalue weighted by Crippen LogP contribution is 2.53. The molecule has 0 aliphatic heterocycles. The molecule has 0 fully saturated rings. The monoisotopic (exact) mass is 486 g/mol. The van der Waals surface area contributed by atoms with E-state index in [2.05, 4.69) is 0 Å². The van der Waals surface area contributed by atoms with Gasteiger partial charge in [0.2, 0.25) is 6.42 Å². The van der Waals surface area contributed by atoms with Gasteiger partial charge in [-0.25, -0.2) is 4.67 Å². The van der Waals surface area contributed by atoms with E-state index in [4.69, 9.17) is 27.9 Å². The first kappa shape index (κ1) is 22.6. The van der Waals surface area contributed by atoms with Crippen LogP contribution in [0.3, 0.4) is 0 Å². The largest absolute Gasteiger partial charge is 0.448 e. The van der Waals surface area contributed by atoms with Gasteiger partial charge in [0.05, 0.1) is 9.95 Å². The Morgan fingerprint density at radius 3 is 2.22 bits per heavy atom. The molecule has 3 aromatic carbocycles. The summed E-state index contributed by atoms with van der Waals surface area (Å²) in [5.41, 5.74) is 2.76. The molecule has 1 aliphatic carbocycles. The van der Waals surface area contributed by atoms with Crippen molar-refractivity contribution in [3.05, 3.63) is 86.9 Å². The lowest BCUT2D eigenvalue weighted by Gasteiger charge is -2.34. The molecule has 164 valence electrons. The second kappa shape index (κ2) is 8.75. The molecule has 0 bridgehead atoms. The second-order valence-corrected chi connectivity index (χ2v) is 11.4. The van der Waals surface area contributed by atoms with E-state index < -0.39 is 11.3 Å². The third-order valence-electron chi connectivity index (χ3n) is 5.49. The third kappa shape index (κ3) is 3.76. The van der Waals surface area contributed by atoms with Crippen LogP contribution in [0.25, 0.3) is 11.1 Å². The average molecular weight is 487 g/mol. The van der Waals surface area contributed by atoms with Crippen LogP contribution >= 0.6 is 18.0 Å². The first-order valence-electron chi connectivity index (χ1n) is 10.1. The number of carbonyl (C=O) groups is 1. The molecule has 0 spiro atoms. The molecule has 0 N–H and O–H groups in total. The highest BCUT2D eigenvalue weighted by atomic mass is 35.5. The quantitative estimate of drug-likeness (QED) is 0.186. The Kier molecular flexibility index (Phi) is 6.19. The lowest BCUT2D eigenvalue weighted by molar-refractivity contribution is -0.384. The zero-order chi connectivity index (χ0) is 23.0. The molecule has 9 heteroatoms. The van der Waals surface area contributed by atoms with Crippen LogP contribution in [-0.4, -0.2) is 28.5 Å². The smallest absolute Gasteiger partial charge is 0.269 e. The Morgan fingerprint density at radius 1 is 1.00 bits per heavy atom. The summed E-state index contributed by atoms with van der Waals surface area (Å²) in [6, 6.07) is 16.9. The molecule has 0 saturated carbocycles. The van der Waals surface area contributed by atoms with E-state index in [1.807, 2.05) is 36.7 Å². The highest BCUT2D eigenvalue weighted by Gasteiger charge is 2.33. The lowest BCUT2D eigenvalue weighted by atomic mass is 10.1. The Morgan fingerprint density at radius 2 is 1.62 bits per heavy atom. The summed E-state index contributed by atoms with van der Waals surface area (Å²) in [5.74, 6) is 0.253. The van der Waals surface area contributed by atoms with Gasteiger partial charge >= 0.3 is 0 Å². The Balaban J connectivity index is 1.79. The number of halogens is 1. The number of hydrogen-bond acceptors (Lipinski definition) is 5. The number of fused-ring (bicyclic) bond motifs is 3. The zero-order valence-corrected chi connectivity index (χ0v) is 19.9. The molecule has 4 rings (SSSR count). The fraction of sp³-hybridized carbons (Fsp3) is 0.174. The van der Waals surface area contributed by atoms with Crippen molar-refractivity contribution in [2.45, 2.75) is 13.8 Å². The van der Waals surface area contributed by atoms with E-state index >= 15 is 0 Å². The molecular formula is C23H20ClN2O4PS. The number of carbonyl (C=O) groups excluding carboxylic acids is 1. The fourth-order valence-corrected chi connectivity index (χ4v) is 7.65. The maximum Gasteiger partial charge on any atom is 0.269 e. The van der Waals surface area contributed by atoms with E-state index in [1.54, 1.807) is 30.3 Å². The molecule has 0 radical (unpaired) electrons. The lowest BCUT2D eigenvalue weighted by Crippen LogP contribution is -2.28. The Hall–Kier alpha value is -2.57. The van der Waals surface area contributed by atoms with Crippen molar-refractivity contribution in [1.82, 2.24) is 4.67 Å². The number of benzene rings is 3. The van der Waals surface area contributed by atoms with Gasteiger partial charge in [-0.05, 0) is 47.2 Å². The van der Waals surface area contributed by atoms with Crippen LogP contribution in [0.1, 0.15) is 29.8 Å². The number of nitro benzene ring substituents is 1. The minimum atomic E-state index is -2.85. The summed E-state index contributed by atoms with van der Waals surface area (Å²) >= 11 is 12.7. The summed E-state index contributed by atoms with van der Waals surface area (Å²) in [5, 5.41) is 12.1. The van der Waals surface area contributed by atoms with Crippen LogP contribution in [0, 0.1) is 10.1 Å². The standard InChI is InChI=1S/C23H20ClN2O4PS/c1-3-25(4-2)31(32,16-11-9-15(10-12-16)26(28)29)30-22-14-20-19(13-21(22)24)17-7-5-6-8-18(17)23(20)27/h5-14H,3-4H2,1-2H3. The molecule has 1 unspecified atom stereocenters. The van der Waals surface area contributed by atoms with Gasteiger partial charge in [0.1, 0.15) is 5.75 Å². The van der Waals surface area contributed by atoms with Crippen molar-refractivity contribution in [2.24, 2.45) is 0 Å². The van der Waals surface area contributed by atoms with Gasteiger partial charge in [-0.1, -0.05) is 49.7 Å². The maximum atomic E-state index is 12.9. The van der Waals surface area contributed by atoms with Crippen molar-refractivity contribution < 1.29 is 14.2 Å². The second-order valence-electron chi connectivity index (χ2n) is 7.23. The number of nitro groups is 1. The molecule has 0 saturated heterocycles. The first-order chi connectivity index (χ1) is 15.3. The first-order valence-corrected chi connectivity index (χ1v) is 13.1. The van der Waals surface area contributed by atoms with Crippen LogP contribution in [0.5, 0.6) is 5.75 Å². The van der Waals surface area contributed by atoms with Crippen LogP contribution in [-0.2, 0) is 11.8 Å².